The molecule has 0 radical (unpaired) electrons. The highest BCUT2D eigenvalue weighted by molar-refractivity contribution is 9.10. The summed E-state index contributed by atoms with van der Waals surface area (Å²) >= 11 is 3.32. The van der Waals surface area contributed by atoms with E-state index in [1.165, 1.54) is 11.6 Å². The molecule has 0 aromatic heterocycles. The minimum Gasteiger partial charge on any atom is -0.367 e. The van der Waals surface area contributed by atoms with Gasteiger partial charge in [0.05, 0.1) is 0 Å². The molecule has 0 bridgehead atoms. The van der Waals surface area contributed by atoms with Crippen LogP contribution in [-0.2, 0) is 13.0 Å². The summed E-state index contributed by atoms with van der Waals surface area (Å²) in [5.41, 5.74) is 4.02. The smallest absolute Gasteiger partial charge is 0.159 e. The van der Waals surface area contributed by atoms with Gasteiger partial charge in [-0.15, -0.1) is 0 Å². The van der Waals surface area contributed by atoms with Gasteiger partial charge in [0.25, 0.3) is 0 Å². The fourth-order valence-electron chi connectivity index (χ4n) is 2.78. The van der Waals surface area contributed by atoms with Crippen LogP contribution in [0.4, 0.5) is 10.1 Å². The molecular weight excluding hydrogens is 333 g/mol. The lowest BCUT2D eigenvalue weighted by molar-refractivity contribution is 0.101. The SMILES string of the molecule is CC(=O)c1ccc2c(c1)CCN2Cc1cc(F)cc(Br)c1. The van der Waals surface area contributed by atoms with E-state index < -0.39 is 0 Å². The molecule has 0 N–H and O–H groups in total. The minimum absolute atomic E-state index is 0.0883. The zero-order valence-electron chi connectivity index (χ0n) is 11.7. The molecule has 2 aromatic rings. The number of halogens is 2. The van der Waals surface area contributed by atoms with E-state index in [4.69, 9.17) is 0 Å². The lowest BCUT2D eigenvalue weighted by atomic mass is 10.1. The van der Waals surface area contributed by atoms with Crippen molar-refractivity contribution in [3.05, 3.63) is 63.4 Å². The van der Waals surface area contributed by atoms with Crippen LogP contribution in [-0.4, -0.2) is 12.3 Å². The molecule has 3 rings (SSSR count). The van der Waals surface area contributed by atoms with E-state index in [9.17, 15) is 9.18 Å². The fourth-order valence-corrected chi connectivity index (χ4v) is 3.29. The number of hydrogen-bond donors (Lipinski definition) is 0. The minimum atomic E-state index is -0.231. The van der Waals surface area contributed by atoms with Crippen LogP contribution in [0.5, 0.6) is 0 Å². The number of Topliss-reactive ketones (excluding diaryl/α,β-unsaturated/α-hetero) is 1. The summed E-state index contributed by atoms with van der Waals surface area (Å²) in [7, 11) is 0. The Morgan fingerprint density at radius 2 is 2.10 bits per heavy atom. The molecule has 0 spiro atoms. The number of carbonyl (C=O) groups is 1. The van der Waals surface area contributed by atoms with Crippen LogP contribution < -0.4 is 4.90 Å². The second-order valence-corrected chi connectivity index (χ2v) is 6.26. The van der Waals surface area contributed by atoms with Crippen molar-refractivity contribution in [3.63, 3.8) is 0 Å². The van der Waals surface area contributed by atoms with Gasteiger partial charge in [-0.2, -0.15) is 0 Å². The van der Waals surface area contributed by atoms with Crippen LogP contribution in [0.2, 0.25) is 0 Å². The Morgan fingerprint density at radius 3 is 2.81 bits per heavy atom. The van der Waals surface area contributed by atoms with E-state index >= 15 is 0 Å². The summed E-state index contributed by atoms with van der Waals surface area (Å²) in [5.74, 6) is -0.143. The van der Waals surface area contributed by atoms with Crippen LogP contribution in [0, 0.1) is 5.82 Å². The summed E-state index contributed by atoms with van der Waals surface area (Å²) < 4.78 is 14.2. The normalized spacial score (nSPS) is 13.4. The molecule has 0 aliphatic carbocycles. The number of anilines is 1. The second-order valence-electron chi connectivity index (χ2n) is 5.35. The van der Waals surface area contributed by atoms with Gasteiger partial charge in [-0.1, -0.05) is 15.9 Å². The molecule has 108 valence electrons. The molecule has 21 heavy (non-hydrogen) atoms. The second kappa shape index (κ2) is 5.60. The summed E-state index contributed by atoms with van der Waals surface area (Å²) in [5, 5.41) is 0. The van der Waals surface area contributed by atoms with Gasteiger partial charge in [-0.05, 0) is 60.9 Å². The maximum absolute atomic E-state index is 13.5. The third kappa shape index (κ3) is 3.00. The molecule has 2 aromatic carbocycles. The summed E-state index contributed by atoms with van der Waals surface area (Å²) in [4.78, 5) is 13.7. The Hall–Kier alpha value is -1.68. The quantitative estimate of drug-likeness (QED) is 0.769. The topological polar surface area (TPSA) is 20.3 Å². The number of nitrogens with zero attached hydrogens (tertiary/aromatic N) is 1. The first kappa shape index (κ1) is 14.3. The van der Waals surface area contributed by atoms with E-state index in [0.717, 1.165) is 34.3 Å². The van der Waals surface area contributed by atoms with Crippen LogP contribution in [0.3, 0.4) is 0 Å². The van der Waals surface area contributed by atoms with Crippen LogP contribution in [0.25, 0.3) is 0 Å². The maximum Gasteiger partial charge on any atom is 0.159 e. The van der Waals surface area contributed by atoms with Gasteiger partial charge < -0.3 is 4.90 Å². The molecule has 1 aliphatic heterocycles. The van der Waals surface area contributed by atoms with Gasteiger partial charge in [0.1, 0.15) is 5.82 Å². The van der Waals surface area contributed by atoms with Crippen molar-refractivity contribution >= 4 is 27.4 Å². The van der Waals surface area contributed by atoms with Crippen molar-refractivity contribution in [1.29, 1.82) is 0 Å². The monoisotopic (exact) mass is 347 g/mol. The molecule has 4 heteroatoms. The highest BCUT2D eigenvalue weighted by Gasteiger charge is 2.20. The Morgan fingerprint density at radius 1 is 1.29 bits per heavy atom. The van der Waals surface area contributed by atoms with Gasteiger partial charge in [0.15, 0.2) is 5.78 Å². The van der Waals surface area contributed by atoms with Gasteiger partial charge in [-0.25, -0.2) is 4.39 Å². The van der Waals surface area contributed by atoms with E-state index in [1.54, 1.807) is 13.0 Å². The molecule has 0 amide bonds. The molecule has 2 nitrogen and oxygen atoms in total. The fraction of sp³-hybridized carbons (Fsp3) is 0.235. The summed E-state index contributed by atoms with van der Waals surface area (Å²) in [6, 6.07) is 10.8. The maximum atomic E-state index is 13.5. The molecule has 0 fully saturated rings. The summed E-state index contributed by atoms with van der Waals surface area (Å²) in [6.45, 7) is 3.15. The highest BCUT2D eigenvalue weighted by atomic mass is 79.9. The lowest BCUT2D eigenvalue weighted by Crippen LogP contribution is -2.19. The van der Waals surface area contributed by atoms with Crippen LogP contribution in [0.1, 0.15) is 28.4 Å². The Labute approximate surface area is 131 Å². The van der Waals surface area contributed by atoms with Crippen molar-refractivity contribution < 1.29 is 9.18 Å². The number of hydrogen-bond acceptors (Lipinski definition) is 2. The molecule has 0 saturated heterocycles. The van der Waals surface area contributed by atoms with Crippen molar-refractivity contribution in [3.8, 4) is 0 Å². The van der Waals surface area contributed by atoms with Gasteiger partial charge >= 0.3 is 0 Å². The Balaban J connectivity index is 1.86. The first-order valence-corrected chi connectivity index (χ1v) is 7.66. The number of benzene rings is 2. The molecule has 0 atom stereocenters. The number of rotatable bonds is 3. The molecule has 0 unspecified atom stereocenters. The average Bonchev–Trinajstić information content (AvgIpc) is 2.80. The number of fused-ring (bicyclic) bond motifs is 1. The van der Waals surface area contributed by atoms with Crippen molar-refractivity contribution in [2.45, 2.75) is 19.9 Å². The molecule has 0 saturated carbocycles. The van der Waals surface area contributed by atoms with E-state index in [-0.39, 0.29) is 11.6 Å². The average molecular weight is 348 g/mol. The number of ketones is 1. The first-order valence-electron chi connectivity index (χ1n) is 6.87. The molecular formula is C17H15BrFNO. The third-order valence-electron chi connectivity index (χ3n) is 3.77. The van der Waals surface area contributed by atoms with Gasteiger partial charge in [0.2, 0.25) is 0 Å². The zero-order chi connectivity index (χ0) is 15.0. The molecule has 1 aliphatic rings. The number of carbonyl (C=O) groups excluding carboxylic acids is 1. The summed E-state index contributed by atoms with van der Waals surface area (Å²) in [6.07, 6.45) is 0.924. The predicted molar refractivity (Wildman–Crippen MR) is 85.3 cm³/mol. The zero-order valence-corrected chi connectivity index (χ0v) is 13.3. The van der Waals surface area contributed by atoms with Crippen molar-refractivity contribution in [2.24, 2.45) is 0 Å². The predicted octanol–water partition coefficient (Wildman–Crippen LogP) is 4.35. The third-order valence-corrected chi connectivity index (χ3v) is 4.23. The van der Waals surface area contributed by atoms with E-state index in [2.05, 4.69) is 20.8 Å². The van der Waals surface area contributed by atoms with Crippen LogP contribution >= 0.6 is 15.9 Å². The van der Waals surface area contributed by atoms with Crippen molar-refractivity contribution in [2.75, 3.05) is 11.4 Å². The first-order chi connectivity index (χ1) is 10.0. The Bertz CT molecular complexity index is 694. The Kier molecular flexibility index (Phi) is 3.81. The van der Waals surface area contributed by atoms with Gasteiger partial charge in [-0.3, -0.25) is 4.79 Å². The van der Waals surface area contributed by atoms with E-state index in [0.29, 0.717) is 6.54 Å². The van der Waals surface area contributed by atoms with E-state index in [1.807, 2.05) is 24.3 Å². The van der Waals surface area contributed by atoms with Gasteiger partial charge in [0, 0.05) is 28.8 Å². The lowest BCUT2D eigenvalue weighted by Gasteiger charge is -2.20. The largest absolute Gasteiger partial charge is 0.367 e. The molecule has 1 heterocycles. The standard InChI is InChI=1S/C17H15BrFNO/c1-11(21)13-2-3-17-14(8-13)4-5-20(17)10-12-6-15(18)9-16(19)7-12/h2-3,6-9H,4-5,10H2,1H3. The van der Waals surface area contributed by atoms with Crippen molar-refractivity contribution in [1.82, 2.24) is 0 Å². The van der Waals surface area contributed by atoms with Crippen LogP contribution in [0.15, 0.2) is 40.9 Å². The highest BCUT2D eigenvalue weighted by Crippen LogP contribution is 2.30.